The summed E-state index contributed by atoms with van der Waals surface area (Å²) in [5.74, 6) is -1.37. The molecule has 0 bridgehead atoms. The highest BCUT2D eigenvalue weighted by Crippen LogP contribution is 2.57. The predicted octanol–water partition coefficient (Wildman–Crippen LogP) is 5.26. The van der Waals surface area contributed by atoms with Crippen LogP contribution in [0.25, 0.3) is 0 Å². The van der Waals surface area contributed by atoms with E-state index in [0.29, 0.717) is 29.4 Å². The molecule has 2 aromatic rings. The molecule has 1 saturated carbocycles. The summed E-state index contributed by atoms with van der Waals surface area (Å²) in [4.78, 5) is 0. The maximum Gasteiger partial charge on any atom is 0.189 e. The van der Waals surface area contributed by atoms with Crippen molar-refractivity contribution in [1.82, 2.24) is 0 Å². The first-order valence-electron chi connectivity index (χ1n) is 9.75. The van der Waals surface area contributed by atoms with Crippen LogP contribution in [0, 0.1) is 11.3 Å². The van der Waals surface area contributed by atoms with Crippen LogP contribution in [0.4, 0.5) is 4.39 Å². The largest absolute Gasteiger partial charge is 0.386 e. The Balaban J connectivity index is 1.98. The minimum absolute atomic E-state index is 0.135. The van der Waals surface area contributed by atoms with Crippen LogP contribution >= 0.6 is 7.14 Å². The molecule has 1 N–H and O–H groups in total. The van der Waals surface area contributed by atoms with Gasteiger partial charge < -0.3 is 9.67 Å². The third kappa shape index (κ3) is 3.91. The van der Waals surface area contributed by atoms with Crippen molar-refractivity contribution >= 4 is 17.8 Å². The Labute approximate surface area is 162 Å². The Kier molecular flexibility index (Phi) is 5.66. The summed E-state index contributed by atoms with van der Waals surface area (Å²) in [6, 6.07) is 17.6. The van der Waals surface area contributed by atoms with E-state index in [1.165, 1.54) is 0 Å². The summed E-state index contributed by atoms with van der Waals surface area (Å²) in [5.41, 5.74) is -1.42. The normalized spacial score (nSPS) is 25.1. The van der Waals surface area contributed by atoms with Gasteiger partial charge in [-0.2, -0.15) is 0 Å². The van der Waals surface area contributed by atoms with E-state index in [0.717, 1.165) is 12.8 Å². The second-order valence-corrected chi connectivity index (χ2v) is 11.7. The van der Waals surface area contributed by atoms with Crippen LogP contribution in [0.2, 0.25) is 0 Å². The van der Waals surface area contributed by atoms with E-state index in [1.807, 2.05) is 12.1 Å². The SMILES string of the molecule is CC(C)(C)C1CCC(O)(C(F)P(=O)(c2ccccc2)c2ccccc2)CC1. The topological polar surface area (TPSA) is 37.3 Å². The minimum Gasteiger partial charge on any atom is -0.386 e. The number of hydrogen-bond donors (Lipinski definition) is 1. The molecule has 0 heterocycles. The summed E-state index contributed by atoms with van der Waals surface area (Å²) in [7, 11) is -3.63. The van der Waals surface area contributed by atoms with Crippen molar-refractivity contribution in [3.63, 3.8) is 0 Å². The van der Waals surface area contributed by atoms with Crippen molar-refractivity contribution in [1.29, 1.82) is 0 Å². The maximum atomic E-state index is 16.0. The molecule has 0 spiro atoms. The van der Waals surface area contributed by atoms with Crippen molar-refractivity contribution in [2.75, 3.05) is 0 Å². The fourth-order valence-corrected chi connectivity index (χ4v) is 7.26. The summed E-state index contributed by atoms with van der Waals surface area (Å²) >= 11 is 0. The molecule has 3 rings (SSSR count). The molecule has 0 amide bonds. The molecule has 1 aliphatic rings. The van der Waals surface area contributed by atoms with Gasteiger partial charge in [0.2, 0.25) is 0 Å². The molecule has 0 aromatic heterocycles. The Bertz CT molecular complexity index is 747. The van der Waals surface area contributed by atoms with Gasteiger partial charge in [0, 0.05) is 10.6 Å². The molecule has 0 radical (unpaired) electrons. The molecular weight excluding hydrogens is 358 g/mol. The molecule has 27 heavy (non-hydrogen) atoms. The summed E-state index contributed by atoms with van der Waals surface area (Å²) in [5, 5.41) is 12.2. The standard InChI is InChI=1S/C23H30FO2P/c1-22(2,3)18-14-16-23(25,17-15-18)21(24)27(26,19-10-6-4-7-11-19)20-12-8-5-9-13-20/h4-13,18,21,25H,14-17H2,1-3H3. The van der Waals surface area contributed by atoms with E-state index in [2.05, 4.69) is 20.8 Å². The van der Waals surface area contributed by atoms with Crippen LogP contribution in [0.1, 0.15) is 46.5 Å². The summed E-state index contributed by atoms with van der Waals surface area (Å²) < 4.78 is 30.2. The van der Waals surface area contributed by atoms with E-state index in [-0.39, 0.29) is 5.41 Å². The number of benzene rings is 2. The molecule has 4 heteroatoms. The number of halogens is 1. The first-order chi connectivity index (χ1) is 12.7. The highest BCUT2D eigenvalue weighted by Gasteiger charge is 2.52. The molecule has 1 atom stereocenters. The Morgan fingerprint density at radius 1 is 0.963 bits per heavy atom. The third-order valence-electron chi connectivity index (χ3n) is 6.12. The first-order valence-corrected chi connectivity index (χ1v) is 11.5. The zero-order valence-corrected chi connectivity index (χ0v) is 17.3. The highest BCUT2D eigenvalue weighted by molar-refractivity contribution is 7.79. The fourth-order valence-electron chi connectivity index (χ4n) is 4.27. The number of alkyl halides is 1. The number of aliphatic hydroxyl groups is 1. The van der Waals surface area contributed by atoms with E-state index in [9.17, 15) is 9.67 Å². The lowest BCUT2D eigenvalue weighted by atomic mass is 9.68. The fraction of sp³-hybridized carbons (Fsp3) is 0.478. The van der Waals surface area contributed by atoms with Crippen molar-refractivity contribution in [3.8, 4) is 0 Å². The van der Waals surface area contributed by atoms with Crippen LogP contribution in [0.3, 0.4) is 0 Å². The minimum atomic E-state index is -3.63. The Morgan fingerprint density at radius 2 is 1.37 bits per heavy atom. The summed E-state index contributed by atoms with van der Waals surface area (Å²) in [6.07, 6.45) is 2.20. The van der Waals surface area contributed by atoms with Crippen LogP contribution in [0.15, 0.2) is 60.7 Å². The zero-order valence-electron chi connectivity index (χ0n) is 16.4. The molecule has 0 saturated heterocycles. The molecule has 2 nitrogen and oxygen atoms in total. The average molecular weight is 388 g/mol. The lowest BCUT2D eigenvalue weighted by molar-refractivity contribution is -0.0554. The Hall–Kier alpha value is -1.44. The van der Waals surface area contributed by atoms with Gasteiger partial charge in [-0.15, -0.1) is 0 Å². The van der Waals surface area contributed by atoms with Crippen LogP contribution < -0.4 is 10.6 Å². The van der Waals surface area contributed by atoms with Gasteiger partial charge in [0.25, 0.3) is 0 Å². The lowest BCUT2D eigenvalue weighted by Gasteiger charge is -2.44. The van der Waals surface area contributed by atoms with Gasteiger partial charge in [-0.05, 0) is 37.0 Å². The molecular formula is C23H30FO2P. The average Bonchev–Trinajstić information content (AvgIpc) is 2.68. The van der Waals surface area contributed by atoms with Gasteiger partial charge in [0.15, 0.2) is 13.1 Å². The van der Waals surface area contributed by atoms with Gasteiger partial charge in [0.05, 0.1) is 0 Å². The van der Waals surface area contributed by atoms with Gasteiger partial charge in [-0.1, -0.05) is 81.4 Å². The molecule has 2 aromatic carbocycles. The van der Waals surface area contributed by atoms with Crippen LogP contribution in [-0.2, 0) is 4.57 Å². The number of hydrogen-bond acceptors (Lipinski definition) is 2. The maximum absolute atomic E-state index is 16.0. The third-order valence-corrected chi connectivity index (χ3v) is 9.37. The van der Waals surface area contributed by atoms with E-state index >= 15 is 4.39 Å². The van der Waals surface area contributed by atoms with Gasteiger partial charge >= 0.3 is 0 Å². The second kappa shape index (κ2) is 7.53. The highest BCUT2D eigenvalue weighted by atomic mass is 31.2. The van der Waals surface area contributed by atoms with Crippen molar-refractivity contribution in [3.05, 3.63) is 60.7 Å². The first kappa shape index (κ1) is 20.3. The molecule has 1 aliphatic carbocycles. The predicted molar refractivity (Wildman–Crippen MR) is 111 cm³/mol. The second-order valence-electron chi connectivity index (χ2n) is 8.91. The van der Waals surface area contributed by atoms with Gasteiger partial charge in [0.1, 0.15) is 5.60 Å². The van der Waals surface area contributed by atoms with Crippen LogP contribution in [-0.4, -0.2) is 16.6 Å². The quantitative estimate of drug-likeness (QED) is 0.725. The van der Waals surface area contributed by atoms with Crippen molar-refractivity contribution < 1.29 is 14.1 Å². The monoisotopic (exact) mass is 388 g/mol. The molecule has 1 fully saturated rings. The van der Waals surface area contributed by atoms with E-state index < -0.39 is 18.7 Å². The smallest absolute Gasteiger partial charge is 0.189 e. The lowest BCUT2D eigenvalue weighted by Crippen LogP contribution is -2.47. The van der Waals surface area contributed by atoms with Crippen molar-refractivity contribution in [2.45, 2.75) is 58.0 Å². The van der Waals surface area contributed by atoms with Crippen LogP contribution in [0.5, 0.6) is 0 Å². The summed E-state index contributed by atoms with van der Waals surface area (Å²) in [6.45, 7) is 6.56. The molecule has 146 valence electrons. The zero-order chi connectivity index (χ0) is 19.7. The van der Waals surface area contributed by atoms with Crippen molar-refractivity contribution in [2.24, 2.45) is 11.3 Å². The van der Waals surface area contributed by atoms with E-state index in [1.54, 1.807) is 48.5 Å². The van der Waals surface area contributed by atoms with Gasteiger partial charge in [-0.3, -0.25) is 0 Å². The Morgan fingerprint density at radius 3 is 1.74 bits per heavy atom. The molecule has 1 unspecified atom stereocenters. The van der Waals surface area contributed by atoms with Gasteiger partial charge in [-0.25, -0.2) is 4.39 Å². The molecule has 0 aliphatic heterocycles. The number of rotatable bonds is 4. The van der Waals surface area contributed by atoms with E-state index in [4.69, 9.17) is 0 Å².